The Hall–Kier alpha value is -3.73. The van der Waals surface area contributed by atoms with Crippen molar-refractivity contribution in [3.05, 3.63) is 39.2 Å². The molecule has 0 spiro atoms. The van der Waals surface area contributed by atoms with Crippen LogP contribution in [0, 0.1) is 5.92 Å². The minimum Gasteiger partial charge on any atom is -0.425 e. The van der Waals surface area contributed by atoms with Gasteiger partial charge in [0.15, 0.2) is 5.75 Å². The number of hydrogen-bond acceptors (Lipinski definition) is 9. The highest BCUT2D eigenvalue weighted by Crippen LogP contribution is 2.30. The second-order valence-electron chi connectivity index (χ2n) is 7.92. The first-order chi connectivity index (χ1) is 16.1. The van der Waals surface area contributed by atoms with Crippen molar-refractivity contribution in [1.29, 1.82) is 0 Å². The summed E-state index contributed by atoms with van der Waals surface area (Å²) in [6.45, 7) is 1.51. The van der Waals surface area contributed by atoms with E-state index >= 15 is 0 Å². The van der Waals surface area contributed by atoms with E-state index in [1.807, 2.05) is 0 Å². The Labute approximate surface area is 197 Å². The Morgan fingerprint density at radius 1 is 1.03 bits per heavy atom. The zero-order valence-electron chi connectivity index (χ0n) is 18.0. The zero-order chi connectivity index (χ0) is 24.6. The highest BCUT2D eigenvalue weighted by molar-refractivity contribution is 6.33. The number of ether oxygens (including phenoxy) is 1. The van der Waals surface area contributed by atoms with Crippen LogP contribution in [-0.4, -0.2) is 52.7 Å². The van der Waals surface area contributed by atoms with Crippen molar-refractivity contribution in [3.8, 4) is 5.75 Å². The van der Waals surface area contributed by atoms with Gasteiger partial charge in [0.05, 0.1) is 10.9 Å². The van der Waals surface area contributed by atoms with Gasteiger partial charge < -0.3 is 18.9 Å². The van der Waals surface area contributed by atoms with Crippen molar-refractivity contribution >= 4 is 52.2 Å². The van der Waals surface area contributed by atoms with Gasteiger partial charge in [0.1, 0.15) is 11.1 Å². The molecule has 0 radical (unpaired) electrons. The number of hydroxylamine groups is 2. The van der Waals surface area contributed by atoms with Gasteiger partial charge in [0, 0.05) is 44.3 Å². The quantitative estimate of drug-likeness (QED) is 0.271. The molecule has 2 saturated heterocycles. The predicted molar refractivity (Wildman–Crippen MR) is 115 cm³/mol. The van der Waals surface area contributed by atoms with Gasteiger partial charge in [0.2, 0.25) is 0 Å². The van der Waals surface area contributed by atoms with Crippen LogP contribution in [0.5, 0.6) is 5.75 Å². The van der Waals surface area contributed by atoms with E-state index in [2.05, 4.69) is 0 Å². The SMILES string of the molecule is CC(=O)Oc1cc2oc(=O)c(C(=O)N3CCC(C(=O)ON4C(=O)CCC4=O)CC3)cc2cc1Cl. The second kappa shape index (κ2) is 9.26. The van der Waals surface area contributed by atoms with Gasteiger partial charge in [-0.2, -0.15) is 0 Å². The van der Waals surface area contributed by atoms with E-state index in [0.717, 1.165) is 0 Å². The van der Waals surface area contributed by atoms with Crippen molar-refractivity contribution < 1.29 is 38.0 Å². The molecule has 2 aliphatic heterocycles. The normalized spacial score (nSPS) is 16.8. The van der Waals surface area contributed by atoms with Crippen LogP contribution in [-0.2, 0) is 24.0 Å². The second-order valence-corrected chi connectivity index (χ2v) is 8.33. The molecule has 0 atom stereocenters. The molecule has 3 heterocycles. The molecule has 0 saturated carbocycles. The van der Waals surface area contributed by atoms with Crippen molar-refractivity contribution in [2.45, 2.75) is 32.6 Å². The van der Waals surface area contributed by atoms with Gasteiger partial charge >= 0.3 is 17.6 Å². The summed E-state index contributed by atoms with van der Waals surface area (Å²) < 4.78 is 10.2. The number of carbonyl (C=O) groups excluding carboxylic acids is 5. The molecule has 0 N–H and O–H groups in total. The first kappa shape index (κ1) is 23.4. The molecule has 1 aromatic carbocycles. The fourth-order valence-electron chi connectivity index (χ4n) is 3.81. The van der Waals surface area contributed by atoms with Crippen molar-refractivity contribution in [2.75, 3.05) is 13.1 Å². The molecule has 0 unspecified atom stereocenters. The molecule has 1 aromatic heterocycles. The number of halogens is 1. The lowest BCUT2D eigenvalue weighted by Crippen LogP contribution is -2.43. The molecule has 2 aliphatic rings. The number of benzene rings is 1. The van der Waals surface area contributed by atoms with E-state index in [-0.39, 0.29) is 60.7 Å². The minimum absolute atomic E-state index is 0.00365. The minimum atomic E-state index is -0.874. The fraction of sp³-hybridized carbons (Fsp3) is 0.364. The maximum absolute atomic E-state index is 13.0. The summed E-state index contributed by atoms with van der Waals surface area (Å²) in [5.74, 6) is -3.58. The number of rotatable bonds is 4. The van der Waals surface area contributed by atoms with Crippen LogP contribution in [0.3, 0.4) is 0 Å². The molecule has 0 bridgehead atoms. The number of carbonyl (C=O) groups is 5. The number of esters is 1. The lowest BCUT2D eigenvalue weighted by Gasteiger charge is -2.31. The number of imide groups is 1. The summed E-state index contributed by atoms with van der Waals surface area (Å²) in [5.41, 5.74) is -0.992. The number of likely N-dealkylation sites (tertiary alicyclic amines) is 1. The number of piperidine rings is 1. The van der Waals surface area contributed by atoms with E-state index in [9.17, 15) is 28.8 Å². The van der Waals surface area contributed by atoms with Gasteiger partial charge in [-0.3, -0.25) is 19.2 Å². The summed E-state index contributed by atoms with van der Waals surface area (Å²) in [5, 5.41) is 0.963. The van der Waals surface area contributed by atoms with Crippen LogP contribution < -0.4 is 10.4 Å². The zero-order valence-corrected chi connectivity index (χ0v) is 18.8. The van der Waals surface area contributed by atoms with Gasteiger partial charge in [-0.1, -0.05) is 11.6 Å². The third kappa shape index (κ3) is 4.65. The Morgan fingerprint density at radius 2 is 1.68 bits per heavy atom. The lowest BCUT2D eigenvalue weighted by molar-refractivity contribution is -0.201. The molecule has 0 aliphatic carbocycles. The monoisotopic (exact) mass is 490 g/mol. The average Bonchev–Trinajstić information content (AvgIpc) is 3.11. The summed E-state index contributed by atoms with van der Waals surface area (Å²) in [6.07, 6.45) is 0.474. The molecule has 4 rings (SSSR count). The van der Waals surface area contributed by atoms with Gasteiger partial charge in [-0.25, -0.2) is 9.59 Å². The molecule has 34 heavy (non-hydrogen) atoms. The van der Waals surface area contributed by atoms with Gasteiger partial charge in [-0.05, 0) is 25.0 Å². The molecule has 2 fully saturated rings. The Balaban J connectivity index is 1.44. The van der Waals surface area contributed by atoms with Crippen molar-refractivity contribution in [3.63, 3.8) is 0 Å². The molecular formula is C22H19ClN2O9. The van der Waals surface area contributed by atoms with Crippen LogP contribution in [0.1, 0.15) is 43.0 Å². The Kier molecular flexibility index (Phi) is 6.38. The van der Waals surface area contributed by atoms with Crippen molar-refractivity contribution in [2.24, 2.45) is 5.92 Å². The maximum Gasteiger partial charge on any atom is 0.349 e. The predicted octanol–water partition coefficient (Wildman–Crippen LogP) is 1.83. The van der Waals surface area contributed by atoms with E-state index in [4.69, 9.17) is 25.6 Å². The molecule has 2 aromatic rings. The Morgan fingerprint density at radius 3 is 2.29 bits per heavy atom. The third-order valence-corrected chi connectivity index (χ3v) is 5.87. The molecule has 3 amide bonds. The fourth-order valence-corrected chi connectivity index (χ4v) is 4.02. The van der Waals surface area contributed by atoms with Crippen LogP contribution >= 0.6 is 11.6 Å². The number of fused-ring (bicyclic) bond motifs is 1. The first-order valence-corrected chi connectivity index (χ1v) is 10.8. The van der Waals surface area contributed by atoms with Crippen LogP contribution in [0.25, 0.3) is 11.0 Å². The van der Waals surface area contributed by atoms with Crippen LogP contribution in [0.15, 0.2) is 27.4 Å². The average molecular weight is 491 g/mol. The van der Waals surface area contributed by atoms with E-state index in [1.54, 1.807) is 0 Å². The largest absolute Gasteiger partial charge is 0.425 e. The van der Waals surface area contributed by atoms with E-state index in [1.165, 1.54) is 30.0 Å². The van der Waals surface area contributed by atoms with Crippen LogP contribution in [0.4, 0.5) is 0 Å². The Bertz CT molecular complexity index is 1260. The molecule has 12 heteroatoms. The smallest absolute Gasteiger partial charge is 0.349 e. The maximum atomic E-state index is 13.0. The molecular weight excluding hydrogens is 472 g/mol. The summed E-state index contributed by atoms with van der Waals surface area (Å²) in [4.78, 5) is 78.5. The summed E-state index contributed by atoms with van der Waals surface area (Å²) in [6, 6.07) is 4.05. The number of nitrogens with zero attached hydrogens (tertiary/aromatic N) is 2. The summed E-state index contributed by atoms with van der Waals surface area (Å²) >= 11 is 6.11. The topological polar surface area (TPSA) is 140 Å². The highest BCUT2D eigenvalue weighted by Gasteiger charge is 2.36. The highest BCUT2D eigenvalue weighted by atomic mass is 35.5. The standard InChI is InChI=1S/C22H19ClN2O9/c1-11(26)32-17-10-16-13(9-15(17)23)8-14(22(31)33-16)20(29)24-6-4-12(5-7-24)21(30)34-25-18(27)2-3-19(25)28/h8-10,12H,2-7H2,1H3. The molecule has 11 nitrogen and oxygen atoms in total. The van der Waals surface area contributed by atoms with Gasteiger partial charge in [0.25, 0.3) is 17.7 Å². The van der Waals surface area contributed by atoms with E-state index < -0.39 is 41.2 Å². The van der Waals surface area contributed by atoms with Crippen molar-refractivity contribution in [1.82, 2.24) is 9.96 Å². The number of hydrogen-bond donors (Lipinski definition) is 0. The third-order valence-electron chi connectivity index (χ3n) is 5.57. The van der Waals surface area contributed by atoms with E-state index in [0.29, 0.717) is 10.4 Å². The molecule has 178 valence electrons. The van der Waals surface area contributed by atoms with Gasteiger partial charge in [-0.15, -0.1) is 5.06 Å². The number of amides is 3. The lowest BCUT2D eigenvalue weighted by atomic mass is 9.96. The first-order valence-electron chi connectivity index (χ1n) is 10.5. The van der Waals surface area contributed by atoms with Crippen LogP contribution in [0.2, 0.25) is 5.02 Å². The summed E-state index contributed by atoms with van der Waals surface area (Å²) in [7, 11) is 0.